The molecule has 0 amide bonds. The Balaban J connectivity index is 0. The van der Waals surface area contributed by atoms with E-state index in [2.05, 4.69) is 18.6 Å². The Labute approximate surface area is 81.0 Å². The van der Waals surface area contributed by atoms with Crippen molar-refractivity contribution in [2.24, 2.45) is 34.3 Å². The zero-order chi connectivity index (χ0) is 10.7. The Morgan fingerprint density at radius 2 is 1.00 bits per heavy atom. The molecule has 0 aliphatic rings. The second kappa shape index (κ2) is 9.88. The van der Waals surface area contributed by atoms with Crippen LogP contribution < -0.4 is 28.9 Å². The number of hydrogen-bond acceptors (Lipinski definition) is 5. The average molecular weight is 191 g/mol. The van der Waals surface area contributed by atoms with Crippen molar-refractivity contribution < 1.29 is 0 Å². The average Bonchev–Trinajstić information content (AvgIpc) is 2.09. The monoisotopic (exact) mass is 191 g/mol. The van der Waals surface area contributed by atoms with Crippen molar-refractivity contribution in [3.05, 3.63) is 0 Å². The first-order valence-corrected chi connectivity index (χ1v) is 4.62. The summed E-state index contributed by atoms with van der Waals surface area (Å²) in [6.07, 6.45) is 3.09. The Morgan fingerprint density at radius 3 is 1.15 bits per heavy atom. The van der Waals surface area contributed by atoms with Crippen LogP contribution >= 0.6 is 0 Å². The van der Waals surface area contributed by atoms with Gasteiger partial charge in [0.1, 0.15) is 0 Å². The van der Waals surface area contributed by atoms with Gasteiger partial charge >= 0.3 is 0 Å². The second-order valence-corrected chi connectivity index (χ2v) is 3.43. The SMILES string of the molecule is CC(CCN)(CCN)CCN.NN. The van der Waals surface area contributed by atoms with Crippen LogP contribution in [-0.2, 0) is 0 Å². The Morgan fingerprint density at radius 1 is 0.769 bits per heavy atom. The third-order valence-corrected chi connectivity index (χ3v) is 2.24. The quantitative estimate of drug-likeness (QED) is 0.267. The van der Waals surface area contributed by atoms with Gasteiger partial charge < -0.3 is 17.2 Å². The summed E-state index contributed by atoms with van der Waals surface area (Å²) >= 11 is 0. The molecule has 0 aromatic heterocycles. The molecule has 0 bridgehead atoms. The van der Waals surface area contributed by atoms with E-state index in [1.54, 1.807) is 0 Å². The van der Waals surface area contributed by atoms with Crippen molar-refractivity contribution in [3.8, 4) is 0 Å². The molecule has 5 heteroatoms. The van der Waals surface area contributed by atoms with Crippen molar-refractivity contribution in [1.82, 2.24) is 0 Å². The fraction of sp³-hybridized carbons (Fsp3) is 1.00. The lowest BCUT2D eigenvalue weighted by Gasteiger charge is -2.27. The summed E-state index contributed by atoms with van der Waals surface area (Å²) in [6.45, 7) is 4.41. The molecule has 0 saturated carbocycles. The molecule has 0 radical (unpaired) electrons. The maximum atomic E-state index is 5.49. The van der Waals surface area contributed by atoms with Crippen molar-refractivity contribution in [2.45, 2.75) is 26.2 Å². The Hall–Kier alpha value is -0.200. The van der Waals surface area contributed by atoms with Crippen molar-refractivity contribution in [3.63, 3.8) is 0 Å². The highest BCUT2D eigenvalue weighted by Gasteiger charge is 2.20. The minimum Gasteiger partial charge on any atom is -0.330 e. The lowest BCUT2D eigenvalue weighted by atomic mass is 9.80. The van der Waals surface area contributed by atoms with Gasteiger partial charge in [0, 0.05) is 0 Å². The molecule has 0 aromatic carbocycles. The summed E-state index contributed by atoms with van der Waals surface area (Å²) in [7, 11) is 0. The largest absolute Gasteiger partial charge is 0.330 e. The van der Waals surface area contributed by atoms with Gasteiger partial charge in [-0.25, -0.2) is 0 Å². The number of hydrazine groups is 1. The van der Waals surface area contributed by atoms with Gasteiger partial charge in [0.15, 0.2) is 0 Å². The first-order chi connectivity index (χ1) is 6.18. The highest BCUT2D eigenvalue weighted by molar-refractivity contribution is 4.75. The van der Waals surface area contributed by atoms with Crippen LogP contribution in [0.3, 0.4) is 0 Å². The van der Waals surface area contributed by atoms with Gasteiger partial charge in [-0.2, -0.15) is 0 Å². The zero-order valence-corrected chi connectivity index (χ0v) is 8.63. The molecule has 0 atom stereocenters. The molecule has 0 unspecified atom stereocenters. The maximum absolute atomic E-state index is 5.49. The summed E-state index contributed by atoms with van der Waals surface area (Å²) in [6, 6.07) is 0. The number of rotatable bonds is 6. The first-order valence-electron chi connectivity index (χ1n) is 4.62. The highest BCUT2D eigenvalue weighted by atomic mass is 15.0. The maximum Gasteiger partial charge on any atom is -0.00721 e. The van der Waals surface area contributed by atoms with Crippen LogP contribution in [0.5, 0.6) is 0 Å². The summed E-state index contributed by atoms with van der Waals surface area (Å²) < 4.78 is 0. The fourth-order valence-corrected chi connectivity index (χ4v) is 1.42. The molecule has 0 aliphatic heterocycles. The first kappa shape index (κ1) is 15.3. The third-order valence-electron chi connectivity index (χ3n) is 2.24. The minimum atomic E-state index is 0.276. The van der Waals surface area contributed by atoms with E-state index in [1.807, 2.05) is 0 Å². The zero-order valence-electron chi connectivity index (χ0n) is 8.63. The van der Waals surface area contributed by atoms with Crippen LogP contribution in [0.2, 0.25) is 0 Å². The second-order valence-electron chi connectivity index (χ2n) is 3.43. The van der Waals surface area contributed by atoms with Crippen LogP contribution in [0.15, 0.2) is 0 Å². The molecular weight excluding hydrogens is 166 g/mol. The van der Waals surface area contributed by atoms with Crippen LogP contribution in [0.25, 0.3) is 0 Å². The lowest BCUT2D eigenvalue weighted by molar-refractivity contribution is 0.263. The smallest absolute Gasteiger partial charge is 0.00721 e. The van der Waals surface area contributed by atoms with Gasteiger partial charge in [-0.1, -0.05) is 6.92 Å². The predicted molar refractivity (Wildman–Crippen MR) is 57.5 cm³/mol. The fourth-order valence-electron chi connectivity index (χ4n) is 1.42. The lowest BCUT2D eigenvalue weighted by Crippen LogP contribution is -2.27. The molecule has 0 heterocycles. The van der Waals surface area contributed by atoms with Gasteiger partial charge in [-0.3, -0.25) is 11.7 Å². The summed E-state index contributed by atoms with van der Waals surface area (Å²) in [5, 5.41) is 0. The van der Waals surface area contributed by atoms with E-state index in [-0.39, 0.29) is 5.41 Å². The van der Waals surface area contributed by atoms with E-state index in [9.17, 15) is 0 Å². The molecule has 0 aromatic rings. The van der Waals surface area contributed by atoms with Gasteiger partial charge in [-0.15, -0.1) is 0 Å². The summed E-state index contributed by atoms with van der Waals surface area (Å²) in [5.74, 6) is 8.00. The van der Waals surface area contributed by atoms with Crippen LogP contribution in [0.4, 0.5) is 0 Å². The van der Waals surface area contributed by atoms with E-state index < -0.39 is 0 Å². The standard InChI is InChI=1S/C8H21N3.H4N2/c1-8(2-5-9,3-6-10)4-7-11;1-2/h2-7,9-11H2,1H3;1-2H2. The van der Waals surface area contributed by atoms with E-state index in [4.69, 9.17) is 17.2 Å². The molecule has 13 heavy (non-hydrogen) atoms. The van der Waals surface area contributed by atoms with Crippen molar-refractivity contribution in [2.75, 3.05) is 19.6 Å². The normalized spacial score (nSPS) is 10.6. The summed E-state index contributed by atoms with van der Waals surface area (Å²) in [5.41, 5.74) is 16.8. The molecule has 0 fully saturated rings. The molecule has 0 rings (SSSR count). The van der Waals surface area contributed by atoms with Crippen molar-refractivity contribution >= 4 is 0 Å². The molecule has 5 nitrogen and oxygen atoms in total. The highest BCUT2D eigenvalue weighted by Crippen LogP contribution is 2.28. The van der Waals surface area contributed by atoms with E-state index >= 15 is 0 Å². The van der Waals surface area contributed by atoms with Gasteiger partial charge in [0.05, 0.1) is 0 Å². The van der Waals surface area contributed by atoms with Gasteiger partial charge in [-0.05, 0) is 44.3 Å². The molecule has 82 valence electrons. The minimum absolute atomic E-state index is 0.276. The van der Waals surface area contributed by atoms with Gasteiger partial charge in [0.2, 0.25) is 0 Å². The van der Waals surface area contributed by atoms with Crippen LogP contribution in [-0.4, -0.2) is 19.6 Å². The van der Waals surface area contributed by atoms with E-state index in [0.717, 1.165) is 38.9 Å². The number of hydrogen-bond donors (Lipinski definition) is 5. The van der Waals surface area contributed by atoms with Gasteiger partial charge in [0.25, 0.3) is 0 Å². The Kier molecular flexibility index (Phi) is 11.6. The molecule has 0 spiro atoms. The Bertz CT molecular complexity index is 79.5. The topological polar surface area (TPSA) is 130 Å². The molecule has 10 N–H and O–H groups in total. The van der Waals surface area contributed by atoms with Crippen LogP contribution in [0, 0.1) is 5.41 Å². The summed E-state index contributed by atoms with van der Waals surface area (Å²) in [4.78, 5) is 0. The number of nitrogens with two attached hydrogens (primary N) is 5. The molecular formula is C8H25N5. The van der Waals surface area contributed by atoms with E-state index in [0.29, 0.717) is 0 Å². The predicted octanol–water partition coefficient (Wildman–Crippen LogP) is -1.14. The molecule has 0 aliphatic carbocycles. The third kappa shape index (κ3) is 8.14. The van der Waals surface area contributed by atoms with Crippen LogP contribution in [0.1, 0.15) is 26.2 Å². The molecule has 0 saturated heterocycles. The van der Waals surface area contributed by atoms with Crippen molar-refractivity contribution in [1.29, 1.82) is 0 Å². The van der Waals surface area contributed by atoms with E-state index in [1.165, 1.54) is 0 Å².